The summed E-state index contributed by atoms with van der Waals surface area (Å²) < 4.78 is 6.78. The molecular weight excluding hydrogens is 372 g/mol. The largest absolute Gasteiger partial charge is 0.453 e. The van der Waals surface area contributed by atoms with Gasteiger partial charge >= 0.3 is 6.09 Å². The highest BCUT2D eigenvalue weighted by molar-refractivity contribution is 7.12. The van der Waals surface area contributed by atoms with Crippen LogP contribution in [0.15, 0.2) is 36.5 Å². The Morgan fingerprint density at radius 1 is 1.25 bits per heavy atom. The van der Waals surface area contributed by atoms with Crippen LogP contribution < -0.4 is 10.6 Å². The number of carbonyl (C=O) groups excluding carboxylic acids is 1. The van der Waals surface area contributed by atoms with Crippen molar-refractivity contribution in [2.75, 3.05) is 24.3 Å². The van der Waals surface area contributed by atoms with Crippen LogP contribution in [-0.4, -0.2) is 29.1 Å². The van der Waals surface area contributed by atoms with Crippen molar-refractivity contribution in [2.45, 2.75) is 20.8 Å². The van der Waals surface area contributed by atoms with Crippen molar-refractivity contribution in [1.82, 2.24) is 9.38 Å². The van der Waals surface area contributed by atoms with Gasteiger partial charge in [0.25, 0.3) is 0 Å². The lowest BCUT2D eigenvalue weighted by Crippen LogP contribution is -2.10. The number of nitrogens with zero attached hydrogens (tertiary/aromatic N) is 2. The van der Waals surface area contributed by atoms with Gasteiger partial charge in [-0.2, -0.15) is 0 Å². The van der Waals surface area contributed by atoms with E-state index in [1.165, 1.54) is 16.9 Å². The number of anilines is 2. The Bertz CT molecular complexity index is 1190. The van der Waals surface area contributed by atoms with E-state index in [1.54, 1.807) is 11.3 Å². The van der Waals surface area contributed by atoms with Gasteiger partial charge in [0.15, 0.2) is 0 Å². The van der Waals surface area contributed by atoms with Gasteiger partial charge in [-0.05, 0) is 50.4 Å². The van der Waals surface area contributed by atoms with E-state index < -0.39 is 6.09 Å². The Morgan fingerprint density at radius 3 is 2.75 bits per heavy atom. The van der Waals surface area contributed by atoms with E-state index in [9.17, 15) is 4.79 Å². The molecular formula is C21H22N4O2S. The highest BCUT2D eigenvalue weighted by atomic mass is 32.1. The van der Waals surface area contributed by atoms with E-state index in [2.05, 4.69) is 47.9 Å². The molecule has 2 N–H and O–H groups in total. The summed E-state index contributed by atoms with van der Waals surface area (Å²) >= 11 is 1.78. The third kappa shape index (κ3) is 3.07. The maximum Gasteiger partial charge on any atom is 0.411 e. The molecule has 0 saturated carbocycles. The third-order valence-electron chi connectivity index (χ3n) is 4.68. The highest BCUT2D eigenvalue weighted by Gasteiger charge is 2.18. The van der Waals surface area contributed by atoms with Crippen LogP contribution >= 0.6 is 11.3 Å². The van der Waals surface area contributed by atoms with Crippen LogP contribution in [-0.2, 0) is 4.74 Å². The van der Waals surface area contributed by atoms with Gasteiger partial charge < -0.3 is 10.1 Å². The Balaban J connectivity index is 1.97. The van der Waals surface area contributed by atoms with E-state index >= 15 is 0 Å². The Morgan fingerprint density at radius 2 is 2.07 bits per heavy atom. The highest BCUT2D eigenvalue weighted by Crippen LogP contribution is 2.37. The van der Waals surface area contributed by atoms with Crippen molar-refractivity contribution in [2.24, 2.45) is 0 Å². The third-order valence-corrected chi connectivity index (χ3v) is 5.65. The number of aryl methyl sites for hydroxylation is 2. The van der Waals surface area contributed by atoms with Crippen LogP contribution in [0, 0.1) is 13.8 Å². The van der Waals surface area contributed by atoms with Crippen LogP contribution in [0.25, 0.3) is 27.7 Å². The minimum atomic E-state index is -0.493. The molecule has 0 unspecified atom stereocenters. The molecule has 0 saturated heterocycles. The van der Waals surface area contributed by atoms with Gasteiger partial charge in [-0.15, -0.1) is 11.3 Å². The first kappa shape index (κ1) is 18.3. The molecule has 0 fully saturated rings. The summed E-state index contributed by atoms with van der Waals surface area (Å²) in [6, 6.07) is 10.0. The number of pyridine rings is 1. The van der Waals surface area contributed by atoms with E-state index in [4.69, 9.17) is 9.72 Å². The molecule has 0 bridgehead atoms. The number of amides is 1. The predicted molar refractivity (Wildman–Crippen MR) is 116 cm³/mol. The quantitative estimate of drug-likeness (QED) is 0.483. The molecule has 0 spiro atoms. The molecule has 6 nitrogen and oxygen atoms in total. The predicted octanol–water partition coefficient (Wildman–Crippen LogP) is 5.44. The second kappa shape index (κ2) is 7.16. The molecule has 28 heavy (non-hydrogen) atoms. The van der Waals surface area contributed by atoms with Gasteiger partial charge in [0, 0.05) is 39.1 Å². The normalized spacial score (nSPS) is 11.1. The van der Waals surface area contributed by atoms with E-state index in [0.29, 0.717) is 5.69 Å². The summed E-state index contributed by atoms with van der Waals surface area (Å²) in [7, 11) is 1.35. The summed E-state index contributed by atoms with van der Waals surface area (Å²) in [6.45, 7) is 7.12. The molecule has 4 aromatic rings. The van der Waals surface area contributed by atoms with E-state index in [1.807, 2.05) is 24.4 Å². The lowest BCUT2D eigenvalue weighted by atomic mass is 10.1. The topological polar surface area (TPSA) is 67.7 Å². The lowest BCUT2D eigenvalue weighted by Gasteiger charge is -2.08. The molecule has 0 aliphatic rings. The van der Waals surface area contributed by atoms with Crippen LogP contribution in [0.4, 0.5) is 16.3 Å². The molecule has 3 heterocycles. The summed E-state index contributed by atoms with van der Waals surface area (Å²) in [5.74, 6) is 0.978. The first-order chi connectivity index (χ1) is 13.5. The van der Waals surface area contributed by atoms with Gasteiger partial charge in [0.1, 0.15) is 17.2 Å². The first-order valence-corrected chi connectivity index (χ1v) is 9.94. The Labute approximate surface area is 167 Å². The molecule has 0 radical (unpaired) electrons. The number of ether oxygens (including phenoxy) is 1. The second-order valence-electron chi connectivity index (χ2n) is 6.59. The van der Waals surface area contributed by atoms with Crippen molar-refractivity contribution >= 4 is 45.4 Å². The average molecular weight is 395 g/mol. The monoisotopic (exact) mass is 394 g/mol. The van der Waals surface area contributed by atoms with Crippen molar-refractivity contribution in [1.29, 1.82) is 0 Å². The van der Waals surface area contributed by atoms with Gasteiger partial charge in [-0.25, -0.2) is 9.78 Å². The fraction of sp³-hybridized carbons (Fsp3) is 0.238. The van der Waals surface area contributed by atoms with Crippen molar-refractivity contribution in [3.63, 3.8) is 0 Å². The summed E-state index contributed by atoms with van der Waals surface area (Å²) in [5.41, 5.74) is 3.62. The van der Waals surface area contributed by atoms with Gasteiger partial charge in [0.05, 0.1) is 7.11 Å². The zero-order chi connectivity index (χ0) is 19.8. The number of rotatable bonds is 4. The first-order valence-electron chi connectivity index (χ1n) is 9.13. The number of thiophene rings is 1. The fourth-order valence-corrected chi connectivity index (χ4v) is 4.38. The number of methoxy groups -OCH3 is 1. The van der Waals surface area contributed by atoms with Crippen molar-refractivity contribution < 1.29 is 9.53 Å². The zero-order valence-electron chi connectivity index (χ0n) is 16.3. The average Bonchev–Trinajstić information content (AvgIpc) is 3.21. The maximum atomic E-state index is 11.6. The van der Waals surface area contributed by atoms with Crippen LogP contribution in [0.5, 0.6) is 0 Å². The Kier molecular flexibility index (Phi) is 4.68. The molecule has 0 atom stereocenters. The lowest BCUT2D eigenvalue weighted by molar-refractivity contribution is 0.187. The van der Waals surface area contributed by atoms with E-state index in [0.717, 1.165) is 40.0 Å². The summed E-state index contributed by atoms with van der Waals surface area (Å²) in [6.07, 6.45) is 1.54. The number of nitrogens with one attached hydrogen (secondary N) is 2. The van der Waals surface area contributed by atoms with Crippen LogP contribution in [0.2, 0.25) is 0 Å². The number of imidazole rings is 1. The molecule has 1 amide bonds. The van der Waals surface area contributed by atoms with Crippen molar-refractivity contribution in [3.8, 4) is 11.3 Å². The number of hydrogen-bond donors (Lipinski definition) is 2. The zero-order valence-corrected chi connectivity index (χ0v) is 17.1. The number of aromatic nitrogens is 2. The minimum absolute atomic E-state index is 0.493. The van der Waals surface area contributed by atoms with Gasteiger partial charge in [-0.3, -0.25) is 9.72 Å². The number of fused-ring (bicyclic) bond motifs is 3. The molecule has 0 aliphatic carbocycles. The van der Waals surface area contributed by atoms with Gasteiger partial charge in [0.2, 0.25) is 0 Å². The molecule has 0 aliphatic heterocycles. The summed E-state index contributed by atoms with van der Waals surface area (Å²) in [5, 5.41) is 8.22. The van der Waals surface area contributed by atoms with Crippen LogP contribution in [0.3, 0.4) is 0 Å². The number of carbonyl (C=O) groups is 1. The SMILES string of the molecule is CCNc1c(-c2cc(C)sc2C)nc2c3cc(NC(=O)OC)ccc3ccn12. The molecule has 3 aromatic heterocycles. The minimum Gasteiger partial charge on any atom is -0.453 e. The van der Waals surface area contributed by atoms with Crippen LogP contribution in [0.1, 0.15) is 16.7 Å². The second-order valence-corrected chi connectivity index (χ2v) is 8.05. The van der Waals surface area contributed by atoms with Crippen molar-refractivity contribution in [3.05, 3.63) is 46.3 Å². The molecule has 144 valence electrons. The number of hydrogen-bond acceptors (Lipinski definition) is 5. The molecule has 1 aromatic carbocycles. The fourth-order valence-electron chi connectivity index (χ4n) is 3.45. The smallest absolute Gasteiger partial charge is 0.411 e. The molecule has 7 heteroatoms. The Hall–Kier alpha value is -3.06. The summed E-state index contributed by atoms with van der Waals surface area (Å²) in [4.78, 5) is 19.1. The van der Waals surface area contributed by atoms with E-state index in [-0.39, 0.29) is 0 Å². The maximum absolute atomic E-state index is 11.6. The number of benzene rings is 1. The van der Waals surface area contributed by atoms with Gasteiger partial charge in [-0.1, -0.05) is 6.07 Å². The molecule has 4 rings (SSSR count). The standard InChI is InChI=1S/C21H22N4O2S/c1-5-22-20-18(16-10-12(2)28-13(16)3)24-19-17-11-15(23-21(26)27-4)7-6-14(17)8-9-25(19)20/h6-11,22H,5H2,1-4H3,(H,23,26).